The van der Waals surface area contributed by atoms with Crippen molar-refractivity contribution in [3.8, 4) is 11.5 Å². The number of carbonyl (C=O) groups excluding carboxylic acids is 3. The zero-order valence-corrected chi connectivity index (χ0v) is 20.3. The Morgan fingerprint density at radius 3 is 2.33 bits per heavy atom. The number of carbonyl (C=O) groups is 3. The number of nitrogens with zero attached hydrogens (tertiary/aromatic N) is 1. The summed E-state index contributed by atoms with van der Waals surface area (Å²) in [6, 6.07) is 20.6. The van der Waals surface area contributed by atoms with Crippen molar-refractivity contribution in [3.63, 3.8) is 0 Å². The maximum atomic E-state index is 12.4. The summed E-state index contributed by atoms with van der Waals surface area (Å²) in [7, 11) is 0. The lowest BCUT2D eigenvalue weighted by Gasteiger charge is -2.07. The van der Waals surface area contributed by atoms with E-state index in [0.29, 0.717) is 34.8 Å². The van der Waals surface area contributed by atoms with E-state index in [2.05, 4.69) is 22.8 Å². The van der Waals surface area contributed by atoms with Crippen molar-refractivity contribution in [1.82, 2.24) is 10.7 Å². The Morgan fingerprint density at radius 2 is 1.64 bits per heavy atom. The summed E-state index contributed by atoms with van der Waals surface area (Å²) in [5.74, 6) is -0.178. The van der Waals surface area contributed by atoms with Crippen molar-refractivity contribution in [3.05, 3.63) is 95.1 Å². The molecule has 3 aromatic rings. The van der Waals surface area contributed by atoms with Crippen LogP contribution in [0.3, 0.4) is 0 Å². The number of nitrogens with one attached hydrogen (secondary N) is 2. The highest BCUT2D eigenvalue weighted by atomic mass is 16.5. The van der Waals surface area contributed by atoms with Crippen LogP contribution >= 0.6 is 0 Å². The van der Waals surface area contributed by atoms with E-state index in [1.54, 1.807) is 66.7 Å². The van der Waals surface area contributed by atoms with Crippen molar-refractivity contribution < 1.29 is 23.9 Å². The largest absolute Gasteiger partial charge is 0.494 e. The minimum Gasteiger partial charge on any atom is -0.494 e. The van der Waals surface area contributed by atoms with Crippen molar-refractivity contribution in [2.24, 2.45) is 5.10 Å². The fourth-order valence-electron chi connectivity index (χ4n) is 3.08. The molecule has 0 spiro atoms. The van der Waals surface area contributed by atoms with Gasteiger partial charge in [0, 0.05) is 5.56 Å². The number of ether oxygens (including phenoxy) is 2. The minimum atomic E-state index is -0.475. The van der Waals surface area contributed by atoms with Crippen LogP contribution in [-0.4, -0.2) is 37.1 Å². The van der Waals surface area contributed by atoms with Gasteiger partial charge >= 0.3 is 5.97 Å². The molecular formula is C28H29N3O5. The maximum Gasteiger partial charge on any atom is 0.343 e. The van der Waals surface area contributed by atoms with Crippen LogP contribution < -0.4 is 20.2 Å². The zero-order chi connectivity index (χ0) is 25.8. The molecule has 2 amide bonds. The third-order valence-corrected chi connectivity index (χ3v) is 5.04. The number of hydrogen-bond donors (Lipinski definition) is 2. The topological polar surface area (TPSA) is 106 Å². The van der Waals surface area contributed by atoms with Crippen molar-refractivity contribution in [2.75, 3.05) is 13.2 Å². The number of aryl methyl sites for hydroxylation is 1. The molecule has 36 heavy (non-hydrogen) atoms. The summed E-state index contributed by atoms with van der Waals surface area (Å²) in [6.45, 7) is 4.42. The summed E-state index contributed by atoms with van der Waals surface area (Å²) in [5, 5.41) is 6.43. The highest BCUT2D eigenvalue weighted by molar-refractivity contribution is 5.96. The molecule has 8 nitrogen and oxygen atoms in total. The lowest BCUT2D eigenvalue weighted by atomic mass is 10.1. The van der Waals surface area contributed by atoms with Crippen LogP contribution in [0.4, 0.5) is 0 Å². The number of hydrogen-bond acceptors (Lipinski definition) is 6. The fraction of sp³-hybridized carbons (Fsp3) is 0.214. The van der Waals surface area contributed by atoms with Crippen LogP contribution in [-0.2, 0) is 4.79 Å². The number of amides is 2. The predicted octanol–water partition coefficient (Wildman–Crippen LogP) is 4.27. The van der Waals surface area contributed by atoms with Gasteiger partial charge in [-0.05, 0) is 79.6 Å². The summed E-state index contributed by atoms with van der Waals surface area (Å²) in [6.07, 6.45) is 3.48. The Bertz CT molecular complexity index is 1200. The molecular weight excluding hydrogens is 458 g/mol. The number of esters is 1. The minimum absolute atomic E-state index is 0.204. The summed E-state index contributed by atoms with van der Waals surface area (Å²) < 4.78 is 11.0. The van der Waals surface area contributed by atoms with Crippen LogP contribution in [0.5, 0.6) is 11.5 Å². The first-order chi connectivity index (χ1) is 17.4. The molecule has 0 aromatic heterocycles. The molecule has 186 valence electrons. The Kier molecular flexibility index (Phi) is 9.76. The second-order valence-corrected chi connectivity index (χ2v) is 8.03. The van der Waals surface area contributed by atoms with E-state index in [9.17, 15) is 14.4 Å². The van der Waals surface area contributed by atoms with Gasteiger partial charge in [0.05, 0.1) is 24.9 Å². The molecule has 0 fully saturated rings. The van der Waals surface area contributed by atoms with E-state index in [0.717, 1.165) is 18.4 Å². The van der Waals surface area contributed by atoms with Gasteiger partial charge in [0.2, 0.25) is 0 Å². The summed E-state index contributed by atoms with van der Waals surface area (Å²) in [4.78, 5) is 36.4. The second kappa shape index (κ2) is 13.4. The highest BCUT2D eigenvalue weighted by Crippen LogP contribution is 2.16. The number of rotatable bonds is 11. The molecule has 2 N–H and O–H groups in total. The molecule has 0 unspecified atom stereocenters. The van der Waals surface area contributed by atoms with Gasteiger partial charge in [-0.25, -0.2) is 10.2 Å². The van der Waals surface area contributed by atoms with Crippen LogP contribution in [0.25, 0.3) is 0 Å². The molecule has 0 aliphatic carbocycles. The second-order valence-electron chi connectivity index (χ2n) is 8.03. The smallest absolute Gasteiger partial charge is 0.343 e. The first kappa shape index (κ1) is 26.2. The standard InChI is InChI=1S/C28H29N3O5/c1-3-4-16-35-24-14-10-22(11-15-24)28(34)36-25-12-8-21(9-13-25)18-30-31-26(32)19-29-27(33)23-7-5-6-20(2)17-23/h5-15,17-18H,3-4,16,19H2,1-2H3,(H,29,33)(H,31,32). The third kappa shape index (κ3) is 8.39. The molecule has 3 rings (SSSR count). The summed E-state index contributed by atoms with van der Waals surface area (Å²) >= 11 is 0. The van der Waals surface area contributed by atoms with E-state index >= 15 is 0 Å². The maximum absolute atomic E-state index is 12.4. The molecule has 0 bridgehead atoms. The normalized spacial score (nSPS) is 10.6. The Hall–Kier alpha value is -4.46. The lowest BCUT2D eigenvalue weighted by Crippen LogP contribution is -2.34. The van der Waals surface area contributed by atoms with Crippen LogP contribution in [0.2, 0.25) is 0 Å². The van der Waals surface area contributed by atoms with E-state index in [1.165, 1.54) is 6.21 Å². The first-order valence-electron chi connectivity index (χ1n) is 11.7. The van der Waals surface area contributed by atoms with Crippen molar-refractivity contribution in [2.45, 2.75) is 26.7 Å². The predicted molar refractivity (Wildman–Crippen MR) is 137 cm³/mol. The molecule has 0 saturated carbocycles. The van der Waals surface area contributed by atoms with Gasteiger partial charge in [0.15, 0.2) is 0 Å². The van der Waals surface area contributed by atoms with Gasteiger partial charge in [-0.2, -0.15) is 5.10 Å². The monoisotopic (exact) mass is 487 g/mol. The molecule has 0 saturated heterocycles. The molecule has 0 heterocycles. The number of hydrazone groups is 1. The van der Waals surface area contributed by atoms with E-state index in [-0.39, 0.29) is 12.5 Å². The molecule has 3 aromatic carbocycles. The van der Waals surface area contributed by atoms with E-state index in [1.807, 2.05) is 13.0 Å². The van der Waals surface area contributed by atoms with E-state index in [4.69, 9.17) is 9.47 Å². The Labute approximate surface area is 210 Å². The van der Waals surface area contributed by atoms with Crippen molar-refractivity contribution >= 4 is 24.0 Å². The lowest BCUT2D eigenvalue weighted by molar-refractivity contribution is -0.120. The Morgan fingerprint density at radius 1 is 0.917 bits per heavy atom. The van der Waals surface area contributed by atoms with Gasteiger partial charge in [-0.3, -0.25) is 9.59 Å². The highest BCUT2D eigenvalue weighted by Gasteiger charge is 2.09. The Balaban J connectivity index is 1.42. The summed E-state index contributed by atoms with van der Waals surface area (Å²) in [5.41, 5.74) is 4.91. The average molecular weight is 488 g/mol. The van der Waals surface area contributed by atoms with Crippen LogP contribution in [0.15, 0.2) is 77.9 Å². The molecule has 0 aliphatic heterocycles. The first-order valence-corrected chi connectivity index (χ1v) is 11.7. The molecule has 0 aliphatic rings. The molecule has 0 atom stereocenters. The van der Waals surface area contributed by atoms with Gasteiger partial charge in [0.25, 0.3) is 11.8 Å². The van der Waals surface area contributed by atoms with Gasteiger partial charge in [0.1, 0.15) is 11.5 Å². The van der Waals surface area contributed by atoms with Gasteiger partial charge in [-0.1, -0.05) is 31.0 Å². The average Bonchev–Trinajstić information content (AvgIpc) is 2.89. The van der Waals surface area contributed by atoms with Gasteiger partial charge in [-0.15, -0.1) is 0 Å². The number of benzene rings is 3. The fourth-order valence-corrected chi connectivity index (χ4v) is 3.08. The molecule has 8 heteroatoms. The van der Waals surface area contributed by atoms with Crippen LogP contribution in [0.1, 0.15) is 51.6 Å². The quantitative estimate of drug-likeness (QED) is 0.138. The zero-order valence-electron chi connectivity index (χ0n) is 20.3. The van der Waals surface area contributed by atoms with Crippen molar-refractivity contribution in [1.29, 1.82) is 0 Å². The van der Waals surface area contributed by atoms with Gasteiger partial charge < -0.3 is 14.8 Å². The molecule has 0 radical (unpaired) electrons. The third-order valence-electron chi connectivity index (χ3n) is 5.04. The van der Waals surface area contributed by atoms with E-state index < -0.39 is 11.9 Å². The number of unbranched alkanes of at least 4 members (excludes halogenated alkanes) is 1. The SMILES string of the molecule is CCCCOc1ccc(C(=O)Oc2ccc(C=NNC(=O)CNC(=O)c3cccc(C)c3)cc2)cc1. The van der Waals surface area contributed by atoms with Crippen LogP contribution in [0, 0.1) is 6.92 Å².